The maximum absolute atomic E-state index is 5.82. The number of hydrogen-bond acceptors (Lipinski definition) is 3. The summed E-state index contributed by atoms with van der Waals surface area (Å²) in [5, 5.41) is 3.08. The minimum atomic E-state index is 0. The Bertz CT molecular complexity index is 506. The predicted molar refractivity (Wildman–Crippen MR) is 76.9 cm³/mol. The smallest absolute Gasteiger partial charge is 0.110 e. The first kappa shape index (κ1) is 14.2. The highest BCUT2D eigenvalue weighted by atomic mass is 35.5. The summed E-state index contributed by atoms with van der Waals surface area (Å²) in [6, 6.07) is 6.45. The van der Waals surface area contributed by atoms with E-state index in [4.69, 9.17) is 5.73 Å². The van der Waals surface area contributed by atoms with Crippen LogP contribution in [-0.4, -0.2) is 4.98 Å². The zero-order valence-electron chi connectivity index (χ0n) is 10.2. The molecule has 2 N–H and O–H groups in total. The van der Waals surface area contributed by atoms with Gasteiger partial charge in [-0.05, 0) is 26.3 Å². The van der Waals surface area contributed by atoms with Gasteiger partial charge >= 0.3 is 0 Å². The zero-order valence-corrected chi connectivity index (χ0v) is 11.9. The number of aromatic nitrogens is 1. The molecule has 0 spiro atoms. The van der Waals surface area contributed by atoms with E-state index in [1.165, 1.54) is 16.7 Å². The first-order valence-corrected chi connectivity index (χ1v) is 6.24. The average molecular weight is 269 g/mol. The van der Waals surface area contributed by atoms with Gasteiger partial charge in [0, 0.05) is 10.9 Å². The maximum atomic E-state index is 5.82. The topological polar surface area (TPSA) is 38.9 Å². The van der Waals surface area contributed by atoms with Gasteiger partial charge in [-0.2, -0.15) is 0 Å². The van der Waals surface area contributed by atoms with Gasteiger partial charge in [-0.15, -0.1) is 23.7 Å². The summed E-state index contributed by atoms with van der Waals surface area (Å²) < 4.78 is 0. The van der Waals surface area contributed by atoms with E-state index in [9.17, 15) is 0 Å². The lowest BCUT2D eigenvalue weighted by atomic mass is 10.0. The SMILES string of the molecule is Cc1ccc(-c2csc(C(C)N)n2)c(C)c1.Cl. The lowest BCUT2D eigenvalue weighted by molar-refractivity contribution is 0.808. The van der Waals surface area contributed by atoms with Crippen LogP contribution in [0.4, 0.5) is 0 Å². The van der Waals surface area contributed by atoms with Gasteiger partial charge in [0.25, 0.3) is 0 Å². The summed E-state index contributed by atoms with van der Waals surface area (Å²) in [4.78, 5) is 4.56. The molecule has 0 amide bonds. The number of benzene rings is 1. The summed E-state index contributed by atoms with van der Waals surface area (Å²) in [5.74, 6) is 0. The molecule has 1 aromatic heterocycles. The molecule has 0 aliphatic rings. The molecule has 0 bridgehead atoms. The molecule has 17 heavy (non-hydrogen) atoms. The van der Waals surface area contributed by atoms with Crippen LogP contribution in [0.5, 0.6) is 0 Å². The number of aryl methyl sites for hydroxylation is 2. The normalized spacial score (nSPS) is 12.0. The van der Waals surface area contributed by atoms with Crippen LogP contribution in [0.25, 0.3) is 11.3 Å². The fourth-order valence-corrected chi connectivity index (χ4v) is 2.50. The largest absolute Gasteiger partial charge is 0.322 e. The molecule has 1 heterocycles. The summed E-state index contributed by atoms with van der Waals surface area (Å²) in [7, 11) is 0. The highest BCUT2D eigenvalue weighted by Crippen LogP contribution is 2.27. The lowest BCUT2D eigenvalue weighted by Crippen LogP contribution is -2.03. The molecule has 0 saturated heterocycles. The van der Waals surface area contributed by atoms with Crippen LogP contribution in [0.2, 0.25) is 0 Å². The first-order valence-electron chi connectivity index (χ1n) is 5.36. The highest BCUT2D eigenvalue weighted by molar-refractivity contribution is 7.10. The number of thiazole rings is 1. The number of rotatable bonds is 2. The molecule has 92 valence electrons. The Morgan fingerprint density at radius 2 is 2.00 bits per heavy atom. The van der Waals surface area contributed by atoms with Gasteiger partial charge in [0.15, 0.2) is 0 Å². The molecule has 2 rings (SSSR count). The molecule has 0 aliphatic carbocycles. The van der Waals surface area contributed by atoms with Crippen molar-refractivity contribution < 1.29 is 0 Å². The molecular formula is C13H17ClN2S. The van der Waals surface area contributed by atoms with Gasteiger partial charge in [0.2, 0.25) is 0 Å². The van der Waals surface area contributed by atoms with Gasteiger partial charge in [-0.3, -0.25) is 0 Å². The maximum Gasteiger partial charge on any atom is 0.110 e. The van der Waals surface area contributed by atoms with Crippen molar-refractivity contribution >= 4 is 23.7 Å². The van der Waals surface area contributed by atoms with Gasteiger partial charge in [-0.1, -0.05) is 23.8 Å². The van der Waals surface area contributed by atoms with Crippen LogP contribution >= 0.6 is 23.7 Å². The van der Waals surface area contributed by atoms with Gasteiger partial charge < -0.3 is 5.73 Å². The number of nitrogens with two attached hydrogens (primary N) is 1. The summed E-state index contributed by atoms with van der Waals surface area (Å²) in [6.45, 7) is 6.18. The Hall–Kier alpha value is -0.900. The second kappa shape index (κ2) is 5.63. The van der Waals surface area contributed by atoms with Gasteiger partial charge in [-0.25, -0.2) is 4.98 Å². The lowest BCUT2D eigenvalue weighted by Gasteiger charge is -2.04. The Labute approximate surface area is 112 Å². The third-order valence-electron chi connectivity index (χ3n) is 2.57. The third-order valence-corrected chi connectivity index (χ3v) is 3.62. The van der Waals surface area contributed by atoms with Crippen LogP contribution in [-0.2, 0) is 0 Å². The van der Waals surface area contributed by atoms with Crippen molar-refractivity contribution in [2.45, 2.75) is 26.8 Å². The monoisotopic (exact) mass is 268 g/mol. The third kappa shape index (κ3) is 3.06. The Kier molecular flexibility index (Phi) is 4.69. The minimum Gasteiger partial charge on any atom is -0.322 e. The van der Waals surface area contributed by atoms with Crippen molar-refractivity contribution in [3.63, 3.8) is 0 Å². The summed E-state index contributed by atoms with van der Waals surface area (Å²) in [5.41, 5.74) is 10.6. The molecule has 2 aromatic rings. The van der Waals surface area contributed by atoms with Crippen molar-refractivity contribution in [3.05, 3.63) is 39.7 Å². The van der Waals surface area contributed by atoms with E-state index in [0.717, 1.165) is 10.7 Å². The standard InChI is InChI=1S/C13H16N2S.ClH/c1-8-4-5-11(9(2)6-8)12-7-16-13(15-12)10(3)14;/h4-7,10H,14H2,1-3H3;1H. The van der Waals surface area contributed by atoms with Crippen LogP contribution in [0.3, 0.4) is 0 Å². The van der Waals surface area contributed by atoms with E-state index < -0.39 is 0 Å². The van der Waals surface area contributed by atoms with E-state index in [2.05, 4.69) is 42.4 Å². The van der Waals surface area contributed by atoms with E-state index >= 15 is 0 Å². The Balaban J connectivity index is 0.00000144. The van der Waals surface area contributed by atoms with Crippen LogP contribution in [0.1, 0.15) is 29.1 Å². The van der Waals surface area contributed by atoms with Crippen molar-refractivity contribution in [1.29, 1.82) is 0 Å². The summed E-state index contributed by atoms with van der Waals surface area (Å²) in [6.07, 6.45) is 0. The zero-order chi connectivity index (χ0) is 11.7. The van der Waals surface area contributed by atoms with Crippen molar-refractivity contribution in [3.8, 4) is 11.3 Å². The van der Waals surface area contributed by atoms with E-state index in [-0.39, 0.29) is 18.4 Å². The molecule has 0 saturated carbocycles. The van der Waals surface area contributed by atoms with Crippen LogP contribution in [0.15, 0.2) is 23.6 Å². The molecule has 0 radical (unpaired) electrons. The molecular weight excluding hydrogens is 252 g/mol. The first-order chi connectivity index (χ1) is 7.58. The van der Waals surface area contributed by atoms with Crippen LogP contribution in [0, 0.1) is 13.8 Å². The number of halogens is 1. The van der Waals surface area contributed by atoms with Crippen molar-refractivity contribution in [1.82, 2.24) is 4.98 Å². The quantitative estimate of drug-likeness (QED) is 0.898. The predicted octanol–water partition coefficient (Wildman–Crippen LogP) is 3.87. The van der Waals surface area contributed by atoms with E-state index in [1.807, 2.05) is 6.92 Å². The van der Waals surface area contributed by atoms with E-state index in [1.54, 1.807) is 11.3 Å². The fourth-order valence-electron chi connectivity index (χ4n) is 1.72. The molecule has 1 atom stereocenters. The average Bonchev–Trinajstić information content (AvgIpc) is 2.66. The van der Waals surface area contributed by atoms with Gasteiger partial charge in [0.05, 0.1) is 11.7 Å². The summed E-state index contributed by atoms with van der Waals surface area (Å²) >= 11 is 1.63. The Morgan fingerprint density at radius 1 is 1.29 bits per heavy atom. The molecule has 1 unspecified atom stereocenters. The molecule has 1 aromatic carbocycles. The number of hydrogen-bond donors (Lipinski definition) is 1. The van der Waals surface area contributed by atoms with Crippen molar-refractivity contribution in [2.75, 3.05) is 0 Å². The van der Waals surface area contributed by atoms with Gasteiger partial charge in [0.1, 0.15) is 5.01 Å². The van der Waals surface area contributed by atoms with Crippen molar-refractivity contribution in [2.24, 2.45) is 5.73 Å². The second-order valence-electron chi connectivity index (χ2n) is 4.18. The number of nitrogens with zero attached hydrogens (tertiary/aromatic N) is 1. The Morgan fingerprint density at radius 3 is 2.53 bits per heavy atom. The molecule has 0 aliphatic heterocycles. The second-order valence-corrected chi connectivity index (χ2v) is 5.07. The molecule has 0 fully saturated rings. The molecule has 4 heteroatoms. The molecule has 2 nitrogen and oxygen atoms in total. The highest BCUT2D eigenvalue weighted by Gasteiger charge is 2.09. The fraction of sp³-hybridized carbons (Fsp3) is 0.308. The minimum absolute atomic E-state index is 0. The van der Waals surface area contributed by atoms with Crippen LogP contribution < -0.4 is 5.73 Å². The van der Waals surface area contributed by atoms with E-state index in [0.29, 0.717) is 0 Å².